The number of ether oxygens (including phenoxy) is 4. The summed E-state index contributed by atoms with van der Waals surface area (Å²) in [6.07, 6.45) is 2.31. The maximum Gasteiger partial charge on any atom is 0.184 e. The average molecular weight is 465 g/mol. The molecule has 4 nitrogen and oxygen atoms in total. The molecule has 0 spiro atoms. The molecule has 5 rings (SSSR count). The summed E-state index contributed by atoms with van der Waals surface area (Å²) in [6.45, 7) is 3.19. The fourth-order valence-corrected chi connectivity index (χ4v) is 4.79. The van der Waals surface area contributed by atoms with Gasteiger partial charge in [-0.25, -0.2) is 0 Å². The van der Waals surface area contributed by atoms with Gasteiger partial charge in [-0.3, -0.25) is 0 Å². The summed E-state index contributed by atoms with van der Waals surface area (Å²) >= 11 is 6.55. The minimum absolute atomic E-state index is 0.0167. The van der Waals surface area contributed by atoms with Crippen molar-refractivity contribution in [3.63, 3.8) is 0 Å². The standard InChI is InChI=1S/C28H29ClO4/c1-2-30-23-11-8-19(9-12-23)16-22-17-21(10-13-24(22)29)25-14-15-26-27(32-25)18-31-28(33-26)20-6-4-3-5-7-20/h3-13,17,25-28H,2,14-16,18H2,1H3. The molecule has 0 bridgehead atoms. The molecule has 2 aliphatic heterocycles. The number of halogens is 1. The van der Waals surface area contributed by atoms with Crippen molar-refractivity contribution >= 4 is 11.6 Å². The van der Waals surface area contributed by atoms with Crippen LogP contribution in [0.1, 0.15) is 54.4 Å². The van der Waals surface area contributed by atoms with E-state index in [0.29, 0.717) is 13.2 Å². The van der Waals surface area contributed by atoms with Crippen LogP contribution in [-0.4, -0.2) is 25.4 Å². The predicted octanol–water partition coefficient (Wildman–Crippen LogP) is 6.66. The van der Waals surface area contributed by atoms with E-state index in [-0.39, 0.29) is 24.6 Å². The molecule has 172 valence electrons. The fourth-order valence-electron chi connectivity index (χ4n) is 4.60. The third-order valence-corrected chi connectivity index (χ3v) is 6.69. The Kier molecular flexibility index (Phi) is 6.98. The summed E-state index contributed by atoms with van der Waals surface area (Å²) in [5.41, 5.74) is 4.51. The molecule has 2 heterocycles. The molecule has 2 fully saturated rings. The third kappa shape index (κ3) is 5.25. The molecule has 2 saturated heterocycles. The van der Waals surface area contributed by atoms with E-state index in [4.69, 9.17) is 30.5 Å². The van der Waals surface area contributed by atoms with Crippen molar-refractivity contribution in [3.8, 4) is 5.75 Å². The molecule has 4 unspecified atom stereocenters. The Hall–Kier alpha value is -2.37. The van der Waals surface area contributed by atoms with Gasteiger partial charge in [0.25, 0.3) is 0 Å². The van der Waals surface area contributed by atoms with E-state index in [2.05, 4.69) is 24.3 Å². The highest BCUT2D eigenvalue weighted by Crippen LogP contribution is 2.39. The Balaban J connectivity index is 1.24. The summed E-state index contributed by atoms with van der Waals surface area (Å²) in [6, 6.07) is 24.5. The van der Waals surface area contributed by atoms with Crippen LogP contribution >= 0.6 is 11.6 Å². The second-order valence-electron chi connectivity index (χ2n) is 8.60. The van der Waals surface area contributed by atoms with Crippen molar-refractivity contribution in [1.82, 2.24) is 0 Å². The Morgan fingerprint density at radius 1 is 0.879 bits per heavy atom. The topological polar surface area (TPSA) is 36.9 Å². The van der Waals surface area contributed by atoms with E-state index in [1.54, 1.807) is 0 Å². The quantitative estimate of drug-likeness (QED) is 0.408. The molecule has 4 atom stereocenters. The van der Waals surface area contributed by atoms with E-state index in [1.807, 2.05) is 55.5 Å². The Labute approximate surface area is 200 Å². The first-order chi connectivity index (χ1) is 16.2. The number of rotatable bonds is 6. The maximum atomic E-state index is 6.55. The second-order valence-corrected chi connectivity index (χ2v) is 9.00. The highest BCUT2D eigenvalue weighted by atomic mass is 35.5. The Morgan fingerprint density at radius 3 is 2.48 bits per heavy atom. The van der Waals surface area contributed by atoms with Gasteiger partial charge in [0.05, 0.1) is 25.4 Å². The van der Waals surface area contributed by atoms with Crippen LogP contribution in [0, 0.1) is 0 Å². The number of benzene rings is 3. The van der Waals surface area contributed by atoms with Gasteiger partial charge in [0.15, 0.2) is 6.29 Å². The summed E-state index contributed by atoms with van der Waals surface area (Å²) in [5, 5.41) is 0.774. The second kappa shape index (κ2) is 10.3. The van der Waals surface area contributed by atoms with Gasteiger partial charge in [0, 0.05) is 10.6 Å². The lowest BCUT2D eigenvalue weighted by atomic mass is 9.93. The van der Waals surface area contributed by atoms with Crippen LogP contribution in [-0.2, 0) is 20.6 Å². The van der Waals surface area contributed by atoms with E-state index in [9.17, 15) is 0 Å². The molecule has 0 saturated carbocycles. The third-order valence-electron chi connectivity index (χ3n) is 6.32. The first kappa shape index (κ1) is 22.4. The largest absolute Gasteiger partial charge is 0.494 e. The lowest BCUT2D eigenvalue weighted by molar-refractivity contribution is -0.289. The van der Waals surface area contributed by atoms with Crippen molar-refractivity contribution in [1.29, 1.82) is 0 Å². The fraction of sp³-hybridized carbons (Fsp3) is 0.357. The highest BCUT2D eigenvalue weighted by Gasteiger charge is 2.38. The first-order valence-electron chi connectivity index (χ1n) is 11.7. The molecule has 5 heteroatoms. The van der Waals surface area contributed by atoms with E-state index in [1.165, 1.54) is 5.56 Å². The average Bonchev–Trinajstić information content (AvgIpc) is 2.86. The molecule has 0 aromatic heterocycles. The van der Waals surface area contributed by atoms with Crippen molar-refractivity contribution < 1.29 is 18.9 Å². The number of fused-ring (bicyclic) bond motifs is 1. The van der Waals surface area contributed by atoms with Gasteiger partial charge in [-0.05, 0) is 61.1 Å². The van der Waals surface area contributed by atoms with Gasteiger partial charge in [-0.15, -0.1) is 0 Å². The zero-order valence-corrected chi connectivity index (χ0v) is 19.5. The molecule has 0 amide bonds. The Morgan fingerprint density at radius 2 is 1.70 bits per heavy atom. The predicted molar refractivity (Wildman–Crippen MR) is 129 cm³/mol. The Bertz CT molecular complexity index is 1050. The van der Waals surface area contributed by atoms with Crippen molar-refractivity contribution in [2.24, 2.45) is 0 Å². The van der Waals surface area contributed by atoms with Gasteiger partial charge in [0.1, 0.15) is 11.9 Å². The lowest BCUT2D eigenvalue weighted by Crippen LogP contribution is -2.45. The van der Waals surface area contributed by atoms with Crippen LogP contribution in [0.3, 0.4) is 0 Å². The minimum atomic E-state index is -0.316. The smallest absolute Gasteiger partial charge is 0.184 e. The summed E-state index contributed by atoms with van der Waals surface area (Å²) in [5.74, 6) is 0.887. The van der Waals surface area contributed by atoms with Crippen LogP contribution in [0.2, 0.25) is 5.02 Å². The highest BCUT2D eigenvalue weighted by molar-refractivity contribution is 6.31. The van der Waals surface area contributed by atoms with Crippen molar-refractivity contribution in [2.75, 3.05) is 13.2 Å². The summed E-state index contributed by atoms with van der Waals surface area (Å²) in [7, 11) is 0. The molecule has 2 aliphatic rings. The van der Waals surface area contributed by atoms with Crippen LogP contribution in [0.25, 0.3) is 0 Å². The van der Waals surface area contributed by atoms with Crippen molar-refractivity contribution in [2.45, 2.75) is 50.8 Å². The van der Waals surface area contributed by atoms with Crippen LogP contribution in [0.4, 0.5) is 0 Å². The van der Waals surface area contributed by atoms with Gasteiger partial charge < -0.3 is 18.9 Å². The van der Waals surface area contributed by atoms with Crippen LogP contribution < -0.4 is 4.74 Å². The van der Waals surface area contributed by atoms with Crippen molar-refractivity contribution in [3.05, 3.63) is 100 Å². The summed E-state index contributed by atoms with van der Waals surface area (Å²) in [4.78, 5) is 0. The molecule has 3 aromatic carbocycles. The molecule has 0 N–H and O–H groups in total. The molecule has 33 heavy (non-hydrogen) atoms. The van der Waals surface area contributed by atoms with E-state index in [0.717, 1.165) is 46.7 Å². The molecular formula is C28H29ClO4. The maximum absolute atomic E-state index is 6.55. The van der Waals surface area contributed by atoms with Gasteiger partial charge in [-0.1, -0.05) is 66.2 Å². The molecular weight excluding hydrogens is 436 g/mol. The summed E-state index contributed by atoms with van der Waals surface area (Å²) < 4.78 is 24.2. The lowest BCUT2D eigenvalue weighted by Gasteiger charge is -2.42. The van der Waals surface area contributed by atoms with Crippen LogP contribution in [0.5, 0.6) is 5.75 Å². The monoisotopic (exact) mass is 464 g/mol. The minimum Gasteiger partial charge on any atom is -0.494 e. The normalized spacial score (nSPS) is 24.8. The molecule has 3 aromatic rings. The SMILES string of the molecule is CCOc1ccc(Cc2cc(C3CCC4OC(c5ccccc5)OCC4O3)ccc2Cl)cc1. The van der Waals surface area contributed by atoms with E-state index < -0.39 is 0 Å². The van der Waals surface area contributed by atoms with Gasteiger partial charge in [0.2, 0.25) is 0 Å². The van der Waals surface area contributed by atoms with E-state index >= 15 is 0 Å². The zero-order valence-electron chi connectivity index (χ0n) is 18.8. The number of hydrogen-bond donors (Lipinski definition) is 0. The first-order valence-corrected chi connectivity index (χ1v) is 12.0. The van der Waals surface area contributed by atoms with Gasteiger partial charge >= 0.3 is 0 Å². The van der Waals surface area contributed by atoms with Gasteiger partial charge in [-0.2, -0.15) is 0 Å². The zero-order chi connectivity index (χ0) is 22.6. The molecule has 0 radical (unpaired) electrons. The molecule has 0 aliphatic carbocycles. The number of hydrogen-bond acceptors (Lipinski definition) is 4. The van der Waals surface area contributed by atoms with Crippen LogP contribution in [0.15, 0.2) is 72.8 Å².